The highest BCUT2D eigenvalue weighted by molar-refractivity contribution is 6.35. The summed E-state index contributed by atoms with van der Waals surface area (Å²) in [5.74, 6) is 0. The molecule has 1 atom stereocenters. The highest BCUT2D eigenvalue weighted by Crippen LogP contribution is 2.31. The number of nitrogens with zero attached hydrogens (tertiary/aromatic N) is 1. The summed E-state index contributed by atoms with van der Waals surface area (Å²) >= 11 is 12.4. The van der Waals surface area contributed by atoms with Crippen molar-refractivity contribution >= 4 is 34.1 Å². The van der Waals surface area contributed by atoms with Crippen LogP contribution in [0.1, 0.15) is 24.9 Å². The third kappa shape index (κ3) is 2.32. The number of hydrogen-bond donors (Lipinski definition) is 0. The van der Waals surface area contributed by atoms with E-state index in [4.69, 9.17) is 23.2 Å². The molecule has 0 bridgehead atoms. The first kappa shape index (κ1) is 13.5. The molecule has 1 heterocycles. The van der Waals surface area contributed by atoms with Crippen LogP contribution in [0, 0.1) is 0 Å². The summed E-state index contributed by atoms with van der Waals surface area (Å²) in [6.45, 7) is 2.18. The fourth-order valence-corrected chi connectivity index (χ4v) is 3.12. The van der Waals surface area contributed by atoms with Crippen LogP contribution < -0.4 is 0 Å². The third-order valence-electron chi connectivity index (χ3n) is 3.67. The van der Waals surface area contributed by atoms with Gasteiger partial charge in [0.1, 0.15) is 0 Å². The lowest BCUT2D eigenvalue weighted by Crippen LogP contribution is -2.08. The van der Waals surface area contributed by atoms with Gasteiger partial charge in [-0.3, -0.25) is 0 Å². The maximum atomic E-state index is 6.38. The molecule has 0 spiro atoms. The molecule has 3 aromatic rings. The number of fused-ring (bicyclic) bond motifs is 1. The molecule has 0 aliphatic heterocycles. The summed E-state index contributed by atoms with van der Waals surface area (Å²) in [5, 5.41) is 2.73. The number of rotatable bonds is 3. The molecule has 0 saturated carbocycles. The van der Waals surface area contributed by atoms with Gasteiger partial charge in [-0.25, -0.2) is 0 Å². The number of benzene rings is 2. The van der Waals surface area contributed by atoms with Gasteiger partial charge in [0.2, 0.25) is 0 Å². The Morgan fingerprint density at radius 3 is 2.45 bits per heavy atom. The lowest BCUT2D eigenvalue weighted by molar-refractivity contribution is 0.585. The first-order valence-corrected chi connectivity index (χ1v) is 7.47. The normalized spacial score (nSPS) is 12.8. The first-order valence-electron chi connectivity index (χ1n) is 6.71. The highest BCUT2D eigenvalue weighted by atomic mass is 35.5. The summed E-state index contributed by atoms with van der Waals surface area (Å²) in [6, 6.07) is 16.4. The Bertz CT molecular complexity index is 728. The molecule has 0 radical (unpaired) electrons. The zero-order chi connectivity index (χ0) is 14.1. The van der Waals surface area contributed by atoms with Crippen LogP contribution in [-0.2, 0) is 0 Å². The van der Waals surface area contributed by atoms with Crippen LogP contribution in [0.5, 0.6) is 0 Å². The minimum Gasteiger partial charge on any atom is -0.339 e. The van der Waals surface area contributed by atoms with Crippen LogP contribution in [0.4, 0.5) is 0 Å². The standard InChI is InChI=1S/C17H15Cl2N/c1-2-16(12-6-8-14(18)9-7-12)20-11-10-13-4-3-5-15(19)17(13)20/h3-11,16H,2H2,1H3. The minimum absolute atomic E-state index is 0.268. The molecule has 1 unspecified atom stereocenters. The van der Waals surface area contributed by atoms with Crippen molar-refractivity contribution in [1.29, 1.82) is 0 Å². The molecule has 0 fully saturated rings. The van der Waals surface area contributed by atoms with Gasteiger partial charge in [0.15, 0.2) is 0 Å². The molecule has 1 nitrogen and oxygen atoms in total. The van der Waals surface area contributed by atoms with E-state index in [9.17, 15) is 0 Å². The summed E-state index contributed by atoms with van der Waals surface area (Å²) in [6.07, 6.45) is 3.11. The molecule has 0 aliphatic carbocycles. The molecule has 2 aromatic carbocycles. The predicted octanol–water partition coefficient (Wildman–Crippen LogP) is 5.95. The quantitative estimate of drug-likeness (QED) is 0.563. The molecule has 0 amide bonds. The molecule has 1 aromatic heterocycles. The van der Waals surface area contributed by atoms with Gasteiger partial charge in [0.05, 0.1) is 16.6 Å². The second-order valence-corrected chi connectivity index (χ2v) is 5.72. The molecule has 0 saturated heterocycles. The molecule has 0 aliphatic rings. The Morgan fingerprint density at radius 1 is 1.00 bits per heavy atom. The van der Waals surface area contributed by atoms with Crippen LogP contribution in [0.15, 0.2) is 54.7 Å². The molecule has 0 N–H and O–H groups in total. The zero-order valence-corrected chi connectivity index (χ0v) is 12.7. The molecular weight excluding hydrogens is 289 g/mol. The van der Waals surface area contributed by atoms with Gasteiger partial charge in [0.25, 0.3) is 0 Å². The van der Waals surface area contributed by atoms with Gasteiger partial charge in [-0.2, -0.15) is 0 Å². The van der Waals surface area contributed by atoms with Gasteiger partial charge in [0, 0.05) is 16.6 Å². The summed E-state index contributed by atoms with van der Waals surface area (Å²) in [5.41, 5.74) is 2.34. The maximum absolute atomic E-state index is 6.38. The van der Waals surface area contributed by atoms with E-state index in [1.165, 1.54) is 10.9 Å². The number of para-hydroxylation sites is 1. The van der Waals surface area contributed by atoms with Gasteiger partial charge in [-0.05, 0) is 36.2 Å². The molecule has 20 heavy (non-hydrogen) atoms. The number of aromatic nitrogens is 1. The van der Waals surface area contributed by atoms with Crippen molar-refractivity contribution < 1.29 is 0 Å². The molecule has 102 valence electrons. The third-order valence-corrected chi connectivity index (χ3v) is 4.23. The second kappa shape index (κ2) is 5.51. The summed E-state index contributed by atoms with van der Waals surface area (Å²) < 4.78 is 2.25. The van der Waals surface area contributed by atoms with Crippen LogP contribution in [-0.4, -0.2) is 4.57 Å². The minimum atomic E-state index is 0.268. The van der Waals surface area contributed by atoms with Crippen molar-refractivity contribution in [1.82, 2.24) is 4.57 Å². The van der Waals surface area contributed by atoms with E-state index in [-0.39, 0.29) is 6.04 Å². The van der Waals surface area contributed by atoms with E-state index in [2.05, 4.69) is 42.0 Å². The Kier molecular flexibility index (Phi) is 3.73. The largest absolute Gasteiger partial charge is 0.339 e. The van der Waals surface area contributed by atoms with E-state index < -0.39 is 0 Å². The van der Waals surface area contributed by atoms with E-state index in [0.717, 1.165) is 22.0 Å². The SMILES string of the molecule is CCC(c1ccc(Cl)cc1)n1ccc2cccc(Cl)c21. The average Bonchev–Trinajstić information content (AvgIpc) is 2.87. The fourth-order valence-electron chi connectivity index (χ4n) is 2.71. The summed E-state index contributed by atoms with van der Waals surface area (Å²) in [4.78, 5) is 0. The Hall–Kier alpha value is -1.44. The van der Waals surface area contributed by atoms with E-state index in [1.54, 1.807) is 0 Å². The van der Waals surface area contributed by atoms with Crippen molar-refractivity contribution in [2.24, 2.45) is 0 Å². The summed E-state index contributed by atoms with van der Waals surface area (Å²) in [7, 11) is 0. The van der Waals surface area contributed by atoms with E-state index in [0.29, 0.717) is 0 Å². The fraction of sp³-hybridized carbons (Fsp3) is 0.176. The molecular formula is C17H15Cl2N. The monoisotopic (exact) mass is 303 g/mol. The number of halogens is 2. The van der Waals surface area contributed by atoms with E-state index >= 15 is 0 Å². The van der Waals surface area contributed by atoms with Gasteiger partial charge in [-0.1, -0.05) is 54.4 Å². The van der Waals surface area contributed by atoms with Crippen LogP contribution in [0.3, 0.4) is 0 Å². The topological polar surface area (TPSA) is 4.93 Å². The first-order chi connectivity index (χ1) is 9.70. The van der Waals surface area contributed by atoms with Crippen LogP contribution in [0.2, 0.25) is 10.0 Å². The van der Waals surface area contributed by atoms with Crippen molar-refractivity contribution in [3.05, 3.63) is 70.3 Å². The zero-order valence-electron chi connectivity index (χ0n) is 11.2. The second-order valence-electron chi connectivity index (χ2n) is 4.88. The van der Waals surface area contributed by atoms with Gasteiger partial charge in [-0.15, -0.1) is 0 Å². The van der Waals surface area contributed by atoms with Gasteiger partial charge < -0.3 is 4.57 Å². The van der Waals surface area contributed by atoms with Crippen molar-refractivity contribution in [3.8, 4) is 0 Å². The lowest BCUT2D eigenvalue weighted by atomic mass is 10.0. The lowest BCUT2D eigenvalue weighted by Gasteiger charge is -2.19. The Balaban J connectivity index is 2.14. The maximum Gasteiger partial charge on any atom is 0.0675 e. The van der Waals surface area contributed by atoms with E-state index in [1.807, 2.05) is 24.3 Å². The van der Waals surface area contributed by atoms with Crippen LogP contribution in [0.25, 0.3) is 10.9 Å². The molecule has 3 rings (SSSR count). The predicted molar refractivity (Wildman–Crippen MR) is 86.8 cm³/mol. The Morgan fingerprint density at radius 2 is 1.75 bits per heavy atom. The van der Waals surface area contributed by atoms with Crippen molar-refractivity contribution in [2.45, 2.75) is 19.4 Å². The molecule has 3 heteroatoms. The van der Waals surface area contributed by atoms with Crippen molar-refractivity contribution in [3.63, 3.8) is 0 Å². The van der Waals surface area contributed by atoms with Gasteiger partial charge >= 0.3 is 0 Å². The average molecular weight is 304 g/mol. The van der Waals surface area contributed by atoms with Crippen LogP contribution >= 0.6 is 23.2 Å². The number of hydrogen-bond acceptors (Lipinski definition) is 0. The highest BCUT2D eigenvalue weighted by Gasteiger charge is 2.15. The van der Waals surface area contributed by atoms with Crippen molar-refractivity contribution in [2.75, 3.05) is 0 Å². The smallest absolute Gasteiger partial charge is 0.0675 e. The Labute approximate surface area is 128 Å².